The van der Waals surface area contributed by atoms with Gasteiger partial charge in [-0.05, 0) is 62.4 Å². The second kappa shape index (κ2) is 9.13. The highest BCUT2D eigenvalue weighted by Crippen LogP contribution is 2.33. The largest absolute Gasteiger partial charge is 0.494 e. The van der Waals surface area contributed by atoms with Crippen molar-refractivity contribution in [2.75, 3.05) is 18.5 Å². The highest BCUT2D eigenvalue weighted by molar-refractivity contribution is 9.10. The number of anilines is 1. The fourth-order valence-electron chi connectivity index (χ4n) is 3.11. The molecule has 1 aliphatic heterocycles. The number of aliphatic imine (C=N–C) groups is 2. The number of rotatable bonds is 6. The van der Waals surface area contributed by atoms with Crippen LogP contribution in [0.2, 0.25) is 0 Å². The van der Waals surface area contributed by atoms with Gasteiger partial charge in [-0.3, -0.25) is 0 Å². The Morgan fingerprint density at radius 1 is 0.767 bits per heavy atom. The van der Waals surface area contributed by atoms with Crippen molar-refractivity contribution in [3.05, 3.63) is 82.3 Å². The SMILES string of the molecule is CCOc1ccc(C2=NC(c3ccc(Br)cc3)=Nc3ccc(OCC)cc3N2)cc1. The van der Waals surface area contributed by atoms with E-state index in [0.717, 1.165) is 38.5 Å². The van der Waals surface area contributed by atoms with E-state index in [1.165, 1.54) is 0 Å². The molecule has 0 aliphatic carbocycles. The van der Waals surface area contributed by atoms with E-state index in [-0.39, 0.29) is 0 Å². The fourth-order valence-corrected chi connectivity index (χ4v) is 3.37. The van der Waals surface area contributed by atoms with E-state index in [2.05, 4.69) is 21.2 Å². The number of ether oxygens (including phenoxy) is 2. The van der Waals surface area contributed by atoms with Gasteiger partial charge in [-0.1, -0.05) is 28.1 Å². The Kier molecular flexibility index (Phi) is 6.14. The van der Waals surface area contributed by atoms with E-state index in [9.17, 15) is 0 Å². The third-order valence-corrected chi connectivity index (χ3v) is 5.05. The Balaban J connectivity index is 1.79. The topological polar surface area (TPSA) is 55.2 Å². The van der Waals surface area contributed by atoms with E-state index >= 15 is 0 Å². The fraction of sp³-hybridized carbons (Fsp3) is 0.167. The molecule has 0 unspecified atom stereocenters. The van der Waals surface area contributed by atoms with Gasteiger partial charge in [-0.2, -0.15) is 0 Å². The molecule has 0 saturated carbocycles. The van der Waals surface area contributed by atoms with Crippen LogP contribution in [0.1, 0.15) is 25.0 Å². The molecule has 1 heterocycles. The maximum atomic E-state index is 5.67. The van der Waals surface area contributed by atoms with Crippen LogP contribution in [0.4, 0.5) is 11.4 Å². The Morgan fingerprint density at radius 2 is 1.40 bits per heavy atom. The predicted molar refractivity (Wildman–Crippen MR) is 126 cm³/mol. The van der Waals surface area contributed by atoms with Crippen LogP contribution in [0.3, 0.4) is 0 Å². The van der Waals surface area contributed by atoms with Gasteiger partial charge in [-0.25, -0.2) is 9.98 Å². The lowest BCUT2D eigenvalue weighted by Gasteiger charge is -2.12. The molecule has 0 spiro atoms. The zero-order chi connectivity index (χ0) is 20.9. The Hall–Kier alpha value is -3.12. The lowest BCUT2D eigenvalue weighted by Crippen LogP contribution is -2.15. The number of fused-ring (bicyclic) bond motifs is 1. The first kappa shape index (κ1) is 20.2. The summed E-state index contributed by atoms with van der Waals surface area (Å²) in [6, 6.07) is 21.7. The summed E-state index contributed by atoms with van der Waals surface area (Å²) in [5, 5.41) is 3.44. The first-order chi connectivity index (χ1) is 14.7. The van der Waals surface area contributed by atoms with Gasteiger partial charge in [0.15, 0.2) is 5.84 Å². The summed E-state index contributed by atoms with van der Waals surface area (Å²) in [4.78, 5) is 9.70. The van der Waals surface area contributed by atoms with Crippen LogP contribution in [-0.2, 0) is 0 Å². The minimum absolute atomic E-state index is 0.603. The number of nitrogens with one attached hydrogen (secondary N) is 1. The predicted octanol–water partition coefficient (Wildman–Crippen LogP) is 6.20. The molecule has 0 saturated heterocycles. The van der Waals surface area contributed by atoms with Crippen LogP contribution in [-0.4, -0.2) is 24.9 Å². The maximum Gasteiger partial charge on any atom is 0.162 e. The zero-order valence-corrected chi connectivity index (χ0v) is 18.4. The van der Waals surface area contributed by atoms with Crippen LogP contribution in [0.5, 0.6) is 11.5 Å². The number of nitrogens with zero attached hydrogens (tertiary/aromatic N) is 2. The molecule has 152 valence electrons. The molecular weight excluding hydrogens is 442 g/mol. The van der Waals surface area contributed by atoms with E-state index in [4.69, 9.17) is 19.5 Å². The second-order valence-corrected chi connectivity index (χ2v) is 7.51. The van der Waals surface area contributed by atoms with Gasteiger partial charge in [0, 0.05) is 21.7 Å². The summed E-state index contributed by atoms with van der Waals surface area (Å²) < 4.78 is 12.2. The second-order valence-electron chi connectivity index (χ2n) is 6.60. The van der Waals surface area contributed by atoms with Crippen molar-refractivity contribution in [3.8, 4) is 11.5 Å². The summed E-state index contributed by atoms with van der Waals surface area (Å²) in [7, 11) is 0. The van der Waals surface area contributed by atoms with Crippen molar-refractivity contribution in [1.29, 1.82) is 0 Å². The van der Waals surface area contributed by atoms with Crippen LogP contribution >= 0.6 is 15.9 Å². The van der Waals surface area contributed by atoms with Crippen LogP contribution < -0.4 is 14.8 Å². The molecule has 6 heteroatoms. The van der Waals surface area contributed by atoms with E-state index in [0.29, 0.717) is 24.9 Å². The van der Waals surface area contributed by atoms with E-state index < -0.39 is 0 Å². The van der Waals surface area contributed by atoms with Crippen molar-refractivity contribution in [2.45, 2.75) is 13.8 Å². The standard InChI is InChI=1S/C24H22BrN3O2/c1-3-29-19-11-7-17(8-12-19)24-27-22-15-20(30-4-2)13-14-21(22)26-23(28-24)16-5-9-18(25)10-6-16/h5-15H,3-4H2,1-2H3,(H,26,27,28). The van der Waals surface area contributed by atoms with Gasteiger partial charge in [-0.15, -0.1) is 0 Å². The number of hydrogen-bond acceptors (Lipinski definition) is 5. The molecule has 0 aromatic heterocycles. The van der Waals surface area contributed by atoms with Gasteiger partial charge in [0.25, 0.3) is 0 Å². The molecule has 3 aromatic rings. The van der Waals surface area contributed by atoms with Crippen LogP contribution in [0.15, 0.2) is 81.2 Å². The first-order valence-corrected chi connectivity index (χ1v) is 10.7. The van der Waals surface area contributed by atoms with Crippen LogP contribution in [0, 0.1) is 0 Å². The highest BCUT2D eigenvalue weighted by atomic mass is 79.9. The Morgan fingerprint density at radius 3 is 2.10 bits per heavy atom. The maximum absolute atomic E-state index is 5.67. The normalized spacial score (nSPS) is 12.8. The molecule has 1 aliphatic rings. The van der Waals surface area contributed by atoms with Crippen molar-refractivity contribution in [1.82, 2.24) is 0 Å². The van der Waals surface area contributed by atoms with Crippen molar-refractivity contribution >= 4 is 39.0 Å². The Bertz CT molecular complexity index is 1090. The quantitative estimate of drug-likeness (QED) is 0.473. The van der Waals surface area contributed by atoms with Gasteiger partial charge in [0.1, 0.15) is 17.3 Å². The van der Waals surface area contributed by atoms with Gasteiger partial charge in [0.05, 0.1) is 24.6 Å². The highest BCUT2D eigenvalue weighted by Gasteiger charge is 2.16. The number of halogens is 1. The van der Waals surface area contributed by atoms with Gasteiger partial charge < -0.3 is 14.8 Å². The molecule has 4 rings (SSSR count). The summed E-state index contributed by atoms with van der Waals surface area (Å²) in [5.41, 5.74) is 3.53. The summed E-state index contributed by atoms with van der Waals surface area (Å²) in [5.74, 6) is 2.97. The zero-order valence-electron chi connectivity index (χ0n) is 16.9. The molecule has 5 nitrogen and oxygen atoms in total. The molecule has 1 N–H and O–H groups in total. The number of amidine groups is 2. The summed E-state index contributed by atoms with van der Waals surface area (Å²) in [6.07, 6.45) is 0. The summed E-state index contributed by atoms with van der Waals surface area (Å²) in [6.45, 7) is 5.17. The lowest BCUT2D eigenvalue weighted by molar-refractivity contribution is 0.340. The third kappa shape index (κ3) is 4.54. The third-order valence-electron chi connectivity index (χ3n) is 4.52. The molecule has 30 heavy (non-hydrogen) atoms. The molecule has 0 fully saturated rings. The van der Waals surface area contributed by atoms with E-state index in [1.807, 2.05) is 80.6 Å². The average Bonchev–Trinajstić information content (AvgIpc) is 2.95. The van der Waals surface area contributed by atoms with Gasteiger partial charge >= 0.3 is 0 Å². The lowest BCUT2D eigenvalue weighted by atomic mass is 10.1. The molecule has 0 bridgehead atoms. The van der Waals surface area contributed by atoms with E-state index in [1.54, 1.807) is 0 Å². The molecule has 0 radical (unpaired) electrons. The molecule has 0 atom stereocenters. The molecule has 3 aromatic carbocycles. The number of hydrogen-bond donors (Lipinski definition) is 1. The minimum Gasteiger partial charge on any atom is -0.494 e. The molecular formula is C24H22BrN3O2. The Labute approximate surface area is 184 Å². The first-order valence-electron chi connectivity index (χ1n) is 9.86. The summed E-state index contributed by atoms with van der Waals surface area (Å²) >= 11 is 3.49. The monoisotopic (exact) mass is 463 g/mol. The smallest absolute Gasteiger partial charge is 0.162 e. The van der Waals surface area contributed by atoms with Crippen molar-refractivity contribution < 1.29 is 9.47 Å². The number of benzene rings is 3. The van der Waals surface area contributed by atoms with Crippen molar-refractivity contribution in [3.63, 3.8) is 0 Å². The molecule has 0 amide bonds. The minimum atomic E-state index is 0.603. The van der Waals surface area contributed by atoms with Crippen molar-refractivity contribution in [2.24, 2.45) is 9.98 Å². The average molecular weight is 464 g/mol. The van der Waals surface area contributed by atoms with Crippen LogP contribution in [0.25, 0.3) is 0 Å². The van der Waals surface area contributed by atoms with Gasteiger partial charge in [0.2, 0.25) is 0 Å².